The molecular formula is C5H6BrFO2. The SMILES string of the molecule is C=CCOC(=O)[C@H](F)Br. The maximum atomic E-state index is 11.8. The molecule has 0 amide bonds. The van der Waals surface area contributed by atoms with Crippen LogP contribution in [0.25, 0.3) is 0 Å². The zero-order chi connectivity index (χ0) is 7.28. The third-order valence-corrected chi connectivity index (χ3v) is 0.895. The highest BCUT2D eigenvalue weighted by Gasteiger charge is 2.12. The number of halogens is 2. The Hall–Kier alpha value is -0.380. The maximum absolute atomic E-state index is 11.8. The van der Waals surface area contributed by atoms with Crippen molar-refractivity contribution in [1.29, 1.82) is 0 Å². The van der Waals surface area contributed by atoms with Crippen molar-refractivity contribution >= 4 is 21.9 Å². The summed E-state index contributed by atoms with van der Waals surface area (Å²) in [6.45, 7) is 3.32. The lowest BCUT2D eigenvalue weighted by Crippen LogP contribution is -2.12. The lowest BCUT2D eigenvalue weighted by Gasteiger charge is -1.98. The summed E-state index contributed by atoms with van der Waals surface area (Å²) in [6.07, 6.45) is 1.37. The van der Waals surface area contributed by atoms with Crippen LogP contribution in [0.2, 0.25) is 0 Å². The Morgan fingerprint density at radius 3 is 2.89 bits per heavy atom. The Bertz CT molecular complexity index is 114. The average molecular weight is 197 g/mol. The van der Waals surface area contributed by atoms with E-state index in [4.69, 9.17) is 0 Å². The first kappa shape index (κ1) is 8.62. The minimum absolute atomic E-state index is 0.0465. The van der Waals surface area contributed by atoms with Gasteiger partial charge in [-0.3, -0.25) is 0 Å². The van der Waals surface area contributed by atoms with Crippen molar-refractivity contribution in [3.8, 4) is 0 Å². The van der Waals surface area contributed by atoms with Gasteiger partial charge >= 0.3 is 5.97 Å². The number of carbonyl (C=O) groups excluding carboxylic acids is 1. The molecule has 0 radical (unpaired) electrons. The van der Waals surface area contributed by atoms with Gasteiger partial charge in [-0.2, -0.15) is 0 Å². The monoisotopic (exact) mass is 196 g/mol. The van der Waals surface area contributed by atoms with Crippen molar-refractivity contribution in [2.75, 3.05) is 6.61 Å². The average Bonchev–Trinajstić information content (AvgIpc) is 1.82. The predicted octanol–water partition coefficient (Wildman–Crippen LogP) is 1.41. The van der Waals surface area contributed by atoms with Gasteiger partial charge in [0.1, 0.15) is 6.61 Å². The van der Waals surface area contributed by atoms with Gasteiger partial charge in [0.15, 0.2) is 0 Å². The minimum atomic E-state index is -1.72. The smallest absolute Gasteiger partial charge is 0.352 e. The summed E-state index contributed by atoms with van der Waals surface area (Å²) in [5.74, 6) is -0.921. The molecule has 0 aliphatic heterocycles. The van der Waals surface area contributed by atoms with Crippen LogP contribution in [0.4, 0.5) is 4.39 Å². The molecule has 0 spiro atoms. The van der Waals surface area contributed by atoms with E-state index in [1.54, 1.807) is 0 Å². The molecule has 0 aromatic carbocycles. The number of ether oxygens (including phenoxy) is 1. The Kier molecular flexibility index (Phi) is 4.30. The molecule has 4 heteroatoms. The molecule has 0 aromatic heterocycles. The van der Waals surface area contributed by atoms with Gasteiger partial charge in [-0.25, -0.2) is 9.18 Å². The molecule has 52 valence electrons. The van der Waals surface area contributed by atoms with E-state index in [0.717, 1.165) is 0 Å². The van der Waals surface area contributed by atoms with Gasteiger partial charge in [0.2, 0.25) is 0 Å². The van der Waals surface area contributed by atoms with E-state index < -0.39 is 11.1 Å². The summed E-state index contributed by atoms with van der Waals surface area (Å²) in [7, 11) is 0. The van der Waals surface area contributed by atoms with Crippen molar-refractivity contribution in [3.05, 3.63) is 12.7 Å². The Morgan fingerprint density at radius 1 is 2.00 bits per heavy atom. The van der Waals surface area contributed by atoms with Crippen LogP contribution >= 0.6 is 15.9 Å². The second kappa shape index (κ2) is 4.49. The summed E-state index contributed by atoms with van der Waals surface area (Å²) in [6, 6.07) is 0. The molecule has 0 aliphatic rings. The number of hydrogen-bond acceptors (Lipinski definition) is 2. The summed E-state index contributed by atoms with van der Waals surface area (Å²) >= 11 is 2.39. The molecule has 0 aromatic rings. The third kappa shape index (κ3) is 4.14. The van der Waals surface area contributed by atoms with Crippen LogP contribution in [-0.2, 0) is 9.53 Å². The highest BCUT2D eigenvalue weighted by molar-refractivity contribution is 9.09. The fourth-order valence-corrected chi connectivity index (χ4v) is 0.336. The molecule has 0 fully saturated rings. The van der Waals surface area contributed by atoms with Crippen molar-refractivity contribution < 1.29 is 13.9 Å². The summed E-state index contributed by atoms with van der Waals surface area (Å²) in [5.41, 5.74) is 0. The Morgan fingerprint density at radius 2 is 2.56 bits per heavy atom. The van der Waals surface area contributed by atoms with E-state index in [1.165, 1.54) is 6.08 Å². The van der Waals surface area contributed by atoms with Crippen LogP contribution in [0, 0.1) is 0 Å². The van der Waals surface area contributed by atoms with Crippen LogP contribution in [0.1, 0.15) is 0 Å². The van der Waals surface area contributed by atoms with Gasteiger partial charge in [-0.15, -0.1) is 0 Å². The van der Waals surface area contributed by atoms with Crippen molar-refractivity contribution in [2.24, 2.45) is 0 Å². The zero-order valence-corrected chi connectivity index (χ0v) is 6.23. The summed E-state index contributed by atoms with van der Waals surface area (Å²) in [4.78, 5) is 10.2. The Labute approximate surface area is 60.8 Å². The number of carbonyl (C=O) groups is 1. The second-order valence-corrected chi connectivity index (χ2v) is 2.02. The minimum Gasteiger partial charge on any atom is -0.459 e. The van der Waals surface area contributed by atoms with E-state index in [2.05, 4.69) is 27.2 Å². The largest absolute Gasteiger partial charge is 0.459 e. The molecule has 0 rings (SSSR count). The topological polar surface area (TPSA) is 26.3 Å². The molecular weight excluding hydrogens is 191 g/mol. The number of hydrogen-bond donors (Lipinski definition) is 0. The second-order valence-electron chi connectivity index (χ2n) is 1.22. The molecule has 0 bridgehead atoms. The molecule has 0 aliphatic carbocycles. The van der Waals surface area contributed by atoms with Crippen LogP contribution in [0.15, 0.2) is 12.7 Å². The van der Waals surface area contributed by atoms with E-state index in [9.17, 15) is 9.18 Å². The van der Waals surface area contributed by atoms with Gasteiger partial charge in [0.05, 0.1) is 0 Å². The van der Waals surface area contributed by atoms with E-state index in [1.807, 2.05) is 0 Å². The summed E-state index contributed by atoms with van der Waals surface area (Å²) < 4.78 is 16.1. The molecule has 0 heterocycles. The van der Waals surface area contributed by atoms with Crippen molar-refractivity contribution in [1.82, 2.24) is 0 Å². The highest BCUT2D eigenvalue weighted by atomic mass is 79.9. The standard InChI is InChI=1S/C5H6BrFO2/c1-2-3-9-5(8)4(6)7/h2,4H,1,3H2/t4-/m0/s1. The van der Waals surface area contributed by atoms with Gasteiger partial charge in [-0.1, -0.05) is 12.7 Å². The fourth-order valence-electron chi connectivity index (χ4n) is 0.204. The van der Waals surface area contributed by atoms with Crippen LogP contribution in [-0.4, -0.2) is 17.7 Å². The van der Waals surface area contributed by atoms with E-state index in [0.29, 0.717) is 0 Å². The first-order valence-corrected chi connectivity index (χ1v) is 3.15. The van der Waals surface area contributed by atoms with Crippen LogP contribution < -0.4 is 0 Å². The first-order chi connectivity index (χ1) is 4.18. The molecule has 0 saturated carbocycles. The molecule has 2 nitrogen and oxygen atoms in total. The van der Waals surface area contributed by atoms with Crippen LogP contribution in [0.3, 0.4) is 0 Å². The normalized spacial score (nSPS) is 12.2. The lowest BCUT2D eigenvalue weighted by molar-refractivity contribution is -0.144. The van der Waals surface area contributed by atoms with E-state index in [-0.39, 0.29) is 6.61 Å². The van der Waals surface area contributed by atoms with Crippen molar-refractivity contribution in [2.45, 2.75) is 5.08 Å². The Balaban J connectivity index is 3.38. The number of esters is 1. The fraction of sp³-hybridized carbons (Fsp3) is 0.400. The van der Waals surface area contributed by atoms with Gasteiger partial charge < -0.3 is 4.74 Å². The number of rotatable bonds is 3. The number of alkyl halides is 2. The molecule has 0 saturated heterocycles. The van der Waals surface area contributed by atoms with Gasteiger partial charge in [0, 0.05) is 0 Å². The quantitative estimate of drug-likeness (QED) is 0.388. The highest BCUT2D eigenvalue weighted by Crippen LogP contribution is 2.02. The predicted molar refractivity (Wildman–Crippen MR) is 35.0 cm³/mol. The van der Waals surface area contributed by atoms with Crippen LogP contribution in [0.5, 0.6) is 0 Å². The van der Waals surface area contributed by atoms with Gasteiger partial charge in [-0.05, 0) is 15.9 Å². The molecule has 0 unspecified atom stereocenters. The molecule has 0 N–H and O–H groups in total. The lowest BCUT2D eigenvalue weighted by atomic mass is 10.7. The molecule has 1 atom stereocenters. The third-order valence-electron chi connectivity index (χ3n) is 0.522. The maximum Gasteiger partial charge on any atom is 0.352 e. The zero-order valence-electron chi connectivity index (χ0n) is 4.64. The van der Waals surface area contributed by atoms with E-state index >= 15 is 0 Å². The summed E-state index contributed by atoms with van der Waals surface area (Å²) in [5, 5.41) is -1.72. The first-order valence-electron chi connectivity index (χ1n) is 2.24. The van der Waals surface area contributed by atoms with Crippen molar-refractivity contribution in [3.63, 3.8) is 0 Å². The van der Waals surface area contributed by atoms with Gasteiger partial charge in [0.25, 0.3) is 5.08 Å². The molecule has 9 heavy (non-hydrogen) atoms.